The Balaban J connectivity index is 1.91. The lowest BCUT2D eigenvalue weighted by Gasteiger charge is -2.33. The first-order chi connectivity index (χ1) is 11.0. The first-order valence-electron chi connectivity index (χ1n) is 7.99. The average molecular weight is 384 g/mol. The molecule has 0 unspecified atom stereocenters. The Morgan fingerprint density at radius 3 is 2.70 bits per heavy atom. The average Bonchev–Trinajstić information content (AvgIpc) is 2.55. The summed E-state index contributed by atoms with van der Waals surface area (Å²) in [6, 6.07) is 4.81. The number of hydrogen-bond donors (Lipinski definition) is 1. The lowest BCUT2D eigenvalue weighted by Crippen LogP contribution is -2.40. The molecular weight excluding hydrogens is 362 g/mol. The first kappa shape index (κ1) is 17.7. The van der Waals surface area contributed by atoms with Crippen molar-refractivity contribution in [2.75, 3.05) is 24.5 Å². The van der Waals surface area contributed by atoms with E-state index in [1.165, 1.54) is 12.1 Å². The maximum Gasteiger partial charge on any atom is 0.270 e. The number of amides is 1. The molecule has 1 amide bonds. The topological polar surface area (TPSA) is 75.5 Å². The predicted octanol–water partition coefficient (Wildman–Crippen LogP) is 3.49. The molecule has 1 aromatic rings. The number of halogens is 1. The summed E-state index contributed by atoms with van der Waals surface area (Å²) < 4.78 is 0.720. The third-order valence-electron chi connectivity index (χ3n) is 4.18. The van der Waals surface area contributed by atoms with Crippen LogP contribution in [0, 0.1) is 16.0 Å². The van der Waals surface area contributed by atoms with Crippen molar-refractivity contribution in [1.82, 2.24) is 5.32 Å². The number of nitrogens with one attached hydrogen (secondary N) is 1. The molecule has 126 valence electrons. The van der Waals surface area contributed by atoms with Crippen LogP contribution in [0.2, 0.25) is 0 Å². The summed E-state index contributed by atoms with van der Waals surface area (Å²) in [5.74, 6) is 0.223. The number of non-ortho nitro benzene ring substituents is 1. The van der Waals surface area contributed by atoms with Gasteiger partial charge in [-0.05, 0) is 41.3 Å². The van der Waals surface area contributed by atoms with Crippen LogP contribution in [-0.4, -0.2) is 30.5 Å². The summed E-state index contributed by atoms with van der Waals surface area (Å²) in [5.41, 5.74) is 1.02. The van der Waals surface area contributed by atoms with Gasteiger partial charge in [0.05, 0.1) is 10.6 Å². The van der Waals surface area contributed by atoms with Gasteiger partial charge in [-0.2, -0.15) is 0 Å². The Morgan fingerprint density at radius 2 is 2.13 bits per heavy atom. The lowest BCUT2D eigenvalue weighted by atomic mass is 9.95. The highest BCUT2D eigenvalue weighted by molar-refractivity contribution is 9.10. The van der Waals surface area contributed by atoms with Gasteiger partial charge in [0.15, 0.2) is 0 Å². The molecule has 2 rings (SSSR count). The van der Waals surface area contributed by atoms with E-state index >= 15 is 0 Å². The van der Waals surface area contributed by atoms with Crippen molar-refractivity contribution in [3.8, 4) is 0 Å². The van der Waals surface area contributed by atoms with Crippen molar-refractivity contribution in [1.29, 1.82) is 0 Å². The number of benzene rings is 1. The Kier molecular flexibility index (Phi) is 6.38. The van der Waals surface area contributed by atoms with Gasteiger partial charge in [0.1, 0.15) is 0 Å². The minimum absolute atomic E-state index is 0.0694. The van der Waals surface area contributed by atoms with Crippen LogP contribution in [0.1, 0.15) is 32.6 Å². The second kappa shape index (κ2) is 8.29. The second-order valence-corrected chi connectivity index (χ2v) is 6.65. The molecular formula is C16H22BrN3O3. The third kappa shape index (κ3) is 4.67. The van der Waals surface area contributed by atoms with Gasteiger partial charge < -0.3 is 10.2 Å². The van der Waals surface area contributed by atoms with Gasteiger partial charge in [0.25, 0.3) is 5.69 Å². The minimum Gasteiger partial charge on any atom is -0.371 e. The zero-order valence-electron chi connectivity index (χ0n) is 13.3. The molecule has 0 radical (unpaired) electrons. The minimum atomic E-state index is -0.401. The Bertz CT molecular complexity index is 572. The summed E-state index contributed by atoms with van der Waals surface area (Å²) in [4.78, 5) is 24.7. The molecule has 1 fully saturated rings. The fraction of sp³-hybridized carbons (Fsp3) is 0.562. The van der Waals surface area contributed by atoms with E-state index in [1.54, 1.807) is 6.07 Å². The van der Waals surface area contributed by atoms with Crippen LogP contribution in [0.4, 0.5) is 11.4 Å². The lowest BCUT2D eigenvalue weighted by molar-refractivity contribution is -0.384. The molecule has 1 N–H and O–H groups in total. The molecule has 0 aromatic heterocycles. The standard InChI is InChI=1S/C16H22BrN3O3/c1-2-3-8-18-16(21)12-6-9-19(10-7-12)15-5-4-13(20(22)23)11-14(15)17/h4-5,11-12H,2-3,6-10H2,1H3,(H,18,21). The number of unbranched alkanes of at least 4 members (excludes halogenated alkanes) is 1. The first-order valence-corrected chi connectivity index (χ1v) is 8.78. The summed E-state index contributed by atoms with van der Waals surface area (Å²) in [7, 11) is 0. The quantitative estimate of drug-likeness (QED) is 0.463. The monoisotopic (exact) mass is 383 g/mol. The largest absolute Gasteiger partial charge is 0.371 e. The number of nitrogens with zero attached hydrogens (tertiary/aromatic N) is 2. The van der Waals surface area contributed by atoms with Crippen LogP contribution in [0.5, 0.6) is 0 Å². The van der Waals surface area contributed by atoms with Gasteiger partial charge in [-0.15, -0.1) is 0 Å². The van der Waals surface area contributed by atoms with E-state index in [2.05, 4.69) is 33.1 Å². The van der Waals surface area contributed by atoms with Crippen molar-refractivity contribution < 1.29 is 9.72 Å². The highest BCUT2D eigenvalue weighted by atomic mass is 79.9. The molecule has 0 saturated carbocycles. The molecule has 0 aliphatic carbocycles. The number of carbonyl (C=O) groups excluding carboxylic acids is 1. The normalized spacial score (nSPS) is 15.5. The number of anilines is 1. The molecule has 0 bridgehead atoms. The Morgan fingerprint density at radius 1 is 1.43 bits per heavy atom. The molecule has 1 aromatic carbocycles. The number of rotatable bonds is 6. The van der Waals surface area contributed by atoms with Crippen molar-refractivity contribution in [3.63, 3.8) is 0 Å². The van der Waals surface area contributed by atoms with Crippen molar-refractivity contribution in [2.45, 2.75) is 32.6 Å². The molecule has 0 atom stereocenters. The van der Waals surface area contributed by atoms with E-state index in [4.69, 9.17) is 0 Å². The molecule has 23 heavy (non-hydrogen) atoms. The zero-order chi connectivity index (χ0) is 16.8. The van der Waals surface area contributed by atoms with Gasteiger partial charge in [0.2, 0.25) is 5.91 Å². The molecule has 1 aliphatic heterocycles. The highest BCUT2D eigenvalue weighted by Gasteiger charge is 2.26. The number of hydrogen-bond acceptors (Lipinski definition) is 4. The number of piperidine rings is 1. The molecule has 1 saturated heterocycles. The van der Waals surface area contributed by atoms with Crippen molar-refractivity contribution >= 4 is 33.2 Å². The summed E-state index contributed by atoms with van der Waals surface area (Å²) >= 11 is 3.41. The fourth-order valence-electron chi connectivity index (χ4n) is 2.78. The molecule has 1 heterocycles. The zero-order valence-corrected chi connectivity index (χ0v) is 14.8. The smallest absolute Gasteiger partial charge is 0.270 e. The number of nitro benzene ring substituents is 1. The maximum atomic E-state index is 12.1. The maximum absolute atomic E-state index is 12.1. The van der Waals surface area contributed by atoms with Gasteiger partial charge in [-0.25, -0.2) is 0 Å². The predicted molar refractivity (Wildman–Crippen MR) is 93.7 cm³/mol. The van der Waals surface area contributed by atoms with Crippen LogP contribution in [-0.2, 0) is 4.79 Å². The van der Waals surface area contributed by atoms with Gasteiger partial charge in [0, 0.05) is 42.2 Å². The summed E-state index contributed by atoms with van der Waals surface area (Å²) in [6.07, 6.45) is 3.70. The molecule has 0 spiro atoms. The summed E-state index contributed by atoms with van der Waals surface area (Å²) in [6.45, 7) is 4.42. The van der Waals surface area contributed by atoms with Gasteiger partial charge in [-0.3, -0.25) is 14.9 Å². The van der Waals surface area contributed by atoms with Gasteiger partial charge in [-0.1, -0.05) is 13.3 Å². The van der Waals surface area contributed by atoms with E-state index in [9.17, 15) is 14.9 Å². The van der Waals surface area contributed by atoms with Gasteiger partial charge >= 0.3 is 0 Å². The Labute approximate surface area is 144 Å². The van der Waals surface area contributed by atoms with Crippen LogP contribution in [0.3, 0.4) is 0 Å². The van der Waals surface area contributed by atoms with E-state index in [0.717, 1.165) is 55.5 Å². The highest BCUT2D eigenvalue weighted by Crippen LogP contribution is 2.32. The fourth-order valence-corrected chi connectivity index (χ4v) is 3.40. The molecule has 1 aliphatic rings. The number of carbonyl (C=O) groups is 1. The molecule has 6 nitrogen and oxygen atoms in total. The SMILES string of the molecule is CCCCNC(=O)C1CCN(c2ccc([N+](=O)[O-])cc2Br)CC1. The van der Waals surface area contributed by atoms with E-state index in [1.807, 2.05) is 0 Å². The van der Waals surface area contributed by atoms with Crippen LogP contribution >= 0.6 is 15.9 Å². The molecule has 7 heteroatoms. The van der Waals surface area contributed by atoms with Crippen LogP contribution in [0.25, 0.3) is 0 Å². The second-order valence-electron chi connectivity index (χ2n) is 5.80. The van der Waals surface area contributed by atoms with E-state index < -0.39 is 4.92 Å². The van der Waals surface area contributed by atoms with E-state index in [-0.39, 0.29) is 17.5 Å². The number of nitro groups is 1. The van der Waals surface area contributed by atoms with Crippen LogP contribution in [0.15, 0.2) is 22.7 Å². The van der Waals surface area contributed by atoms with E-state index in [0.29, 0.717) is 0 Å². The van der Waals surface area contributed by atoms with Crippen molar-refractivity contribution in [3.05, 3.63) is 32.8 Å². The summed E-state index contributed by atoms with van der Waals surface area (Å²) in [5, 5.41) is 13.8. The van der Waals surface area contributed by atoms with Crippen LogP contribution < -0.4 is 10.2 Å². The Hall–Kier alpha value is -1.63. The van der Waals surface area contributed by atoms with Crippen molar-refractivity contribution in [2.24, 2.45) is 5.92 Å². The third-order valence-corrected chi connectivity index (χ3v) is 4.81.